The third-order valence-corrected chi connectivity index (χ3v) is 2.54. The molecular formula is C15H20NO4-. The maximum absolute atomic E-state index is 11.6. The van der Waals surface area contributed by atoms with Gasteiger partial charge in [0.1, 0.15) is 5.60 Å². The lowest BCUT2D eigenvalue weighted by molar-refractivity contribution is -0.308. The van der Waals surface area contributed by atoms with E-state index in [9.17, 15) is 14.7 Å². The Balaban J connectivity index is 2.53. The van der Waals surface area contributed by atoms with Crippen molar-refractivity contribution in [3.63, 3.8) is 0 Å². The predicted molar refractivity (Wildman–Crippen MR) is 72.9 cm³/mol. The van der Waals surface area contributed by atoms with Gasteiger partial charge in [-0.2, -0.15) is 0 Å². The zero-order chi connectivity index (χ0) is 15.2. The van der Waals surface area contributed by atoms with Crippen molar-refractivity contribution in [2.75, 3.05) is 0 Å². The van der Waals surface area contributed by atoms with Crippen LogP contribution in [0.5, 0.6) is 0 Å². The summed E-state index contributed by atoms with van der Waals surface area (Å²) >= 11 is 0. The minimum Gasteiger partial charge on any atom is -0.548 e. The summed E-state index contributed by atoms with van der Waals surface area (Å²) in [4.78, 5) is 22.6. The molecule has 1 aromatic carbocycles. The second-order valence-corrected chi connectivity index (χ2v) is 5.54. The van der Waals surface area contributed by atoms with E-state index in [-0.39, 0.29) is 6.42 Å². The third kappa shape index (κ3) is 6.22. The number of carboxylic acids is 1. The van der Waals surface area contributed by atoms with Crippen molar-refractivity contribution in [2.45, 2.75) is 45.3 Å². The van der Waals surface area contributed by atoms with E-state index in [1.807, 2.05) is 30.3 Å². The first-order chi connectivity index (χ1) is 9.28. The average Bonchev–Trinajstić information content (AvgIpc) is 2.33. The average molecular weight is 278 g/mol. The van der Waals surface area contributed by atoms with E-state index in [0.29, 0.717) is 6.42 Å². The summed E-state index contributed by atoms with van der Waals surface area (Å²) in [7, 11) is 0. The van der Waals surface area contributed by atoms with Gasteiger partial charge in [0.2, 0.25) is 0 Å². The van der Waals surface area contributed by atoms with Gasteiger partial charge >= 0.3 is 6.09 Å². The molecule has 1 amide bonds. The standard InChI is InChI=1S/C15H21NO4/c1-15(2,3)20-14(19)16-12(13(17)18)10-9-11-7-5-4-6-8-11/h4-8,12H,9-10H2,1-3H3,(H,16,19)(H,17,18)/p-1/t12-/m1/s1. The highest BCUT2D eigenvalue weighted by Crippen LogP contribution is 2.08. The van der Waals surface area contributed by atoms with Crippen molar-refractivity contribution in [3.8, 4) is 0 Å². The zero-order valence-electron chi connectivity index (χ0n) is 12.0. The van der Waals surface area contributed by atoms with Crippen LogP contribution in [0.3, 0.4) is 0 Å². The molecule has 1 aromatic rings. The van der Waals surface area contributed by atoms with Crippen LogP contribution in [-0.4, -0.2) is 23.7 Å². The summed E-state index contributed by atoms with van der Waals surface area (Å²) < 4.78 is 5.03. The number of hydrogen-bond donors (Lipinski definition) is 1. The first-order valence-electron chi connectivity index (χ1n) is 6.52. The highest BCUT2D eigenvalue weighted by atomic mass is 16.6. The Morgan fingerprint density at radius 1 is 1.25 bits per heavy atom. The maximum atomic E-state index is 11.6. The van der Waals surface area contributed by atoms with Gasteiger partial charge in [0.05, 0.1) is 12.0 Å². The predicted octanol–water partition coefficient (Wildman–Crippen LogP) is 1.26. The van der Waals surface area contributed by atoms with Crippen molar-refractivity contribution in [1.29, 1.82) is 0 Å². The SMILES string of the molecule is CC(C)(C)OC(=O)N[C@H](CCc1ccccc1)C(=O)[O-]. The number of carbonyl (C=O) groups excluding carboxylic acids is 2. The lowest BCUT2D eigenvalue weighted by Gasteiger charge is -2.24. The van der Waals surface area contributed by atoms with Crippen LogP contribution in [0.4, 0.5) is 4.79 Å². The molecule has 0 spiro atoms. The number of rotatable bonds is 5. The van der Waals surface area contributed by atoms with Gasteiger partial charge in [0.25, 0.3) is 0 Å². The Labute approximate surface area is 118 Å². The summed E-state index contributed by atoms with van der Waals surface area (Å²) in [6, 6.07) is 8.39. The van der Waals surface area contributed by atoms with E-state index in [2.05, 4.69) is 5.32 Å². The molecule has 0 aromatic heterocycles. The lowest BCUT2D eigenvalue weighted by atomic mass is 10.1. The van der Waals surface area contributed by atoms with Gasteiger partial charge in [-0.3, -0.25) is 0 Å². The smallest absolute Gasteiger partial charge is 0.408 e. The molecule has 110 valence electrons. The van der Waals surface area contributed by atoms with Gasteiger partial charge in [0.15, 0.2) is 0 Å². The molecule has 0 radical (unpaired) electrons. The van der Waals surface area contributed by atoms with Crippen LogP contribution in [-0.2, 0) is 16.0 Å². The Kier molecular flexibility index (Phi) is 5.55. The Hall–Kier alpha value is -2.04. The lowest BCUT2D eigenvalue weighted by Crippen LogP contribution is -2.49. The van der Waals surface area contributed by atoms with Gasteiger partial charge in [0, 0.05) is 0 Å². The van der Waals surface area contributed by atoms with Gasteiger partial charge in [-0.1, -0.05) is 30.3 Å². The van der Waals surface area contributed by atoms with Crippen LogP contribution in [0.15, 0.2) is 30.3 Å². The molecule has 5 heteroatoms. The number of nitrogens with one attached hydrogen (secondary N) is 1. The fraction of sp³-hybridized carbons (Fsp3) is 0.467. The highest BCUT2D eigenvalue weighted by Gasteiger charge is 2.20. The number of aliphatic carboxylic acids is 1. The summed E-state index contributed by atoms with van der Waals surface area (Å²) in [6.07, 6.45) is 0.0423. The highest BCUT2D eigenvalue weighted by molar-refractivity contribution is 5.78. The first kappa shape index (κ1) is 16.0. The van der Waals surface area contributed by atoms with Crippen molar-refractivity contribution in [3.05, 3.63) is 35.9 Å². The molecule has 1 N–H and O–H groups in total. The second kappa shape index (κ2) is 6.93. The second-order valence-electron chi connectivity index (χ2n) is 5.54. The van der Waals surface area contributed by atoms with Crippen molar-refractivity contribution in [1.82, 2.24) is 5.32 Å². The zero-order valence-corrected chi connectivity index (χ0v) is 12.0. The molecule has 5 nitrogen and oxygen atoms in total. The number of ether oxygens (including phenoxy) is 1. The fourth-order valence-electron chi connectivity index (χ4n) is 1.65. The van der Waals surface area contributed by atoms with Crippen molar-refractivity contribution in [2.24, 2.45) is 0 Å². The number of aryl methyl sites for hydroxylation is 1. The molecule has 0 aliphatic rings. The van der Waals surface area contributed by atoms with Crippen LogP contribution >= 0.6 is 0 Å². The van der Waals surface area contributed by atoms with Crippen LogP contribution in [0.25, 0.3) is 0 Å². The van der Waals surface area contributed by atoms with Gasteiger partial charge in [-0.25, -0.2) is 4.79 Å². The van der Waals surface area contributed by atoms with Crippen LogP contribution in [0.2, 0.25) is 0 Å². The number of carboxylic acid groups (broad SMARTS) is 1. The molecule has 0 fully saturated rings. The largest absolute Gasteiger partial charge is 0.548 e. The maximum Gasteiger partial charge on any atom is 0.408 e. The molecular weight excluding hydrogens is 258 g/mol. The van der Waals surface area contributed by atoms with E-state index < -0.39 is 23.7 Å². The van der Waals surface area contributed by atoms with Crippen molar-refractivity contribution >= 4 is 12.1 Å². The van der Waals surface area contributed by atoms with E-state index in [4.69, 9.17) is 4.74 Å². The topological polar surface area (TPSA) is 78.5 Å². The van der Waals surface area contributed by atoms with E-state index in [1.165, 1.54) is 0 Å². The number of amides is 1. The molecule has 0 bridgehead atoms. The number of carbonyl (C=O) groups is 2. The Morgan fingerprint density at radius 3 is 2.35 bits per heavy atom. The number of benzene rings is 1. The first-order valence-corrected chi connectivity index (χ1v) is 6.52. The molecule has 0 heterocycles. The van der Waals surface area contributed by atoms with Gasteiger partial charge in [-0.05, 0) is 39.2 Å². The Morgan fingerprint density at radius 2 is 1.85 bits per heavy atom. The molecule has 0 aliphatic heterocycles. The van der Waals surface area contributed by atoms with E-state index in [0.717, 1.165) is 5.56 Å². The molecule has 1 rings (SSSR count). The quantitative estimate of drug-likeness (QED) is 0.879. The Bertz CT molecular complexity index is 451. The molecule has 1 atom stereocenters. The minimum absolute atomic E-state index is 0.256. The molecule has 0 aliphatic carbocycles. The molecule has 0 saturated carbocycles. The molecule has 0 unspecified atom stereocenters. The van der Waals surface area contributed by atoms with Crippen molar-refractivity contribution < 1.29 is 19.4 Å². The number of alkyl carbamates (subject to hydrolysis) is 1. The van der Waals surface area contributed by atoms with Crippen LogP contribution in [0, 0.1) is 0 Å². The summed E-state index contributed by atoms with van der Waals surface area (Å²) in [6.45, 7) is 5.14. The third-order valence-electron chi connectivity index (χ3n) is 2.54. The summed E-state index contributed by atoms with van der Waals surface area (Å²) in [5.74, 6) is -1.31. The van der Waals surface area contributed by atoms with Gasteiger partial charge in [-0.15, -0.1) is 0 Å². The van der Waals surface area contributed by atoms with E-state index in [1.54, 1.807) is 20.8 Å². The normalized spacial score (nSPS) is 12.6. The van der Waals surface area contributed by atoms with E-state index >= 15 is 0 Å². The van der Waals surface area contributed by atoms with Crippen LogP contribution < -0.4 is 10.4 Å². The monoisotopic (exact) mass is 278 g/mol. The fourth-order valence-corrected chi connectivity index (χ4v) is 1.65. The molecule has 0 saturated heterocycles. The minimum atomic E-state index is -1.31. The summed E-state index contributed by atoms with van der Waals surface area (Å²) in [5.41, 5.74) is 0.338. The van der Waals surface area contributed by atoms with Gasteiger partial charge < -0.3 is 20.0 Å². The number of hydrogen-bond acceptors (Lipinski definition) is 4. The molecule has 20 heavy (non-hydrogen) atoms. The summed E-state index contributed by atoms with van der Waals surface area (Å²) in [5, 5.41) is 13.4. The van der Waals surface area contributed by atoms with Crippen LogP contribution in [0.1, 0.15) is 32.8 Å².